The molecule has 0 aliphatic carbocycles. The van der Waals surface area contributed by atoms with Crippen molar-refractivity contribution in [3.8, 4) is 5.75 Å². The number of hydrazone groups is 1. The van der Waals surface area contributed by atoms with Crippen molar-refractivity contribution < 1.29 is 9.53 Å². The number of ether oxygens (including phenoxy) is 1. The van der Waals surface area contributed by atoms with Crippen LogP contribution in [0.15, 0.2) is 35.4 Å². The maximum Gasteiger partial charge on any atom is 0.283 e. The number of halogens is 3. The Hall–Kier alpha value is -1.79. The third-order valence-electron chi connectivity index (χ3n) is 3.67. The van der Waals surface area contributed by atoms with E-state index in [1.807, 2.05) is 25.1 Å². The molecule has 1 heterocycles. The molecule has 1 aromatic heterocycles. The van der Waals surface area contributed by atoms with E-state index in [0.29, 0.717) is 20.3 Å². The van der Waals surface area contributed by atoms with Crippen LogP contribution in [0.3, 0.4) is 0 Å². The van der Waals surface area contributed by atoms with Gasteiger partial charge in [-0.1, -0.05) is 46.9 Å². The normalized spacial score (nSPS) is 11.3. The molecule has 134 valence electrons. The van der Waals surface area contributed by atoms with Gasteiger partial charge in [0.15, 0.2) is 0 Å². The lowest BCUT2D eigenvalue weighted by molar-refractivity contribution is 0.0959. The van der Waals surface area contributed by atoms with Gasteiger partial charge < -0.3 is 4.74 Å². The average molecular weight is 428 g/mol. The van der Waals surface area contributed by atoms with Gasteiger partial charge in [0.05, 0.1) is 23.4 Å². The second kappa shape index (κ2) is 7.84. The van der Waals surface area contributed by atoms with Crippen molar-refractivity contribution in [2.75, 3.05) is 7.11 Å². The number of nitrogens with zero attached hydrogens (tertiary/aromatic N) is 1. The fourth-order valence-corrected chi connectivity index (χ4v) is 4.66. The molecule has 0 radical (unpaired) electrons. The summed E-state index contributed by atoms with van der Waals surface area (Å²) in [6.45, 7) is 1.95. The number of aryl methyl sites for hydroxylation is 1. The van der Waals surface area contributed by atoms with Gasteiger partial charge in [0.2, 0.25) is 0 Å². The van der Waals surface area contributed by atoms with Crippen molar-refractivity contribution in [3.63, 3.8) is 0 Å². The summed E-state index contributed by atoms with van der Waals surface area (Å²) in [7, 11) is 1.60. The zero-order valence-electron chi connectivity index (χ0n) is 13.8. The summed E-state index contributed by atoms with van der Waals surface area (Å²) in [6.07, 6.45) is 1.53. The molecule has 2 aromatic carbocycles. The lowest BCUT2D eigenvalue weighted by Gasteiger charge is -2.04. The second-order valence-electron chi connectivity index (χ2n) is 5.43. The molecule has 0 saturated carbocycles. The Balaban J connectivity index is 1.81. The van der Waals surface area contributed by atoms with Crippen LogP contribution < -0.4 is 10.2 Å². The molecule has 0 unspecified atom stereocenters. The van der Waals surface area contributed by atoms with E-state index in [0.717, 1.165) is 21.6 Å². The van der Waals surface area contributed by atoms with Crippen LogP contribution in [0.1, 0.15) is 20.8 Å². The van der Waals surface area contributed by atoms with Crippen LogP contribution in [0.4, 0.5) is 0 Å². The zero-order valence-corrected chi connectivity index (χ0v) is 16.9. The van der Waals surface area contributed by atoms with E-state index in [1.165, 1.54) is 17.6 Å². The van der Waals surface area contributed by atoms with Gasteiger partial charge in [-0.2, -0.15) is 5.10 Å². The van der Waals surface area contributed by atoms with E-state index in [2.05, 4.69) is 10.5 Å². The van der Waals surface area contributed by atoms with E-state index in [4.69, 9.17) is 39.5 Å². The molecule has 0 saturated heterocycles. The summed E-state index contributed by atoms with van der Waals surface area (Å²) >= 11 is 19.7. The monoisotopic (exact) mass is 426 g/mol. The average Bonchev–Trinajstić information content (AvgIpc) is 2.93. The SMILES string of the molecule is COc1cc(/C=N/NC(=O)c2sc3cc(Cl)cc(Cl)c3c2Cl)ccc1C. The van der Waals surface area contributed by atoms with Crippen LogP contribution in [0, 0.1) is 6.92 Å². The van der Waals surface area contributed by atoms with Gasteiger partial charge in [-0.25, -0.2) is 5.43 Å². The molecule has 0 aliphatic heterocycles. The Morgan fingerprint density at radius 3 is 2.73 bits per heavy atom. The van der Waals surface area contributed by atoms with Crippen molar-refractivity contribution in [2.45, 2.75) is 6.92 Å². The van der Waals surface area contributed by atoms with E-state index in [-0.39, 0.29) is 5.02 Å². The molecule has 0 bridgehead atoms. The number of hydrogen-bond acceptors (Lipinski definition) is 4. The van der Waals surface area contributed by atoms with E-state index in [9.17, 15) is 4.79 Å². The number of rotatable bonds is 4. The van der Waals surface area contributed by atoms with E-state index >= 15 is 0 Å². The largest absolute Gasteiger partial charge is 0.496 e. The standard InChI is InChI=1S/C18H13Cl3N2O2S/c1-9-3-4-10(5-13(9)25-2)8-22-23-18(24)17-16(21)15-12(20)6-11(19)7-14(15)26-17/h3-8H,1-2H3,(H,23,24)/b22-8+. The summed E-state index contributed by atoms with van der Waals surface area (Å²) in [6, 6.07) is 8.93. The van der Waals surface area contributed by atoms with Crippen molar-refractivity contribution in [1.29, 1.82) is 0 Å². The number of carbonyl (C=O) groups excluding carboxylic acids is 1. The molecule has 0 aliphatic rings. The smallest absolute Gasteiger partial charge is 0.283 e. The first kappa shape index (κ1) is 19.0. The first-order valence-electron chi connectivity index (χ1n) is 7.45. The number of thiophene rings is 1. The van der Waals surface area contributed by atoms with Crippen LogP contribution >= 0.6 is 46.1 Å². The van der Waals surface area contributed by atoms with Gasteiger partial charge in [0.1, 0.15) is 10.6 Å². The Morgan fingerprint density at radius 1 is 1.23 bits per heavy atom. The van der Waals surface area contributed by atoms with Crippen molar-refractivity contribution in [3.05, 3.63) is 61.4 Å². The molecular formula is C18H13Cl3N2O2S. The molecule has 1 N–H and O–H groups in total. The number of methoxy groups -OCH3 is 1. The van der Waals surface area contributed by atoms with Crippen LogP contribution in [0.2, 0.25) is 15.1 Å². The molecule has 0 spiro atoms. The Morgan fingerprint density at radius 2 is 2.00 bits per heavy atom. The Kier molecular flexibility index (Phi) is 5.73. The minimum Gasteiger partial charge on any atom is -0.496 e. The lowest BCUT2D eigenvalue weighted by Crippen LogP contribution is -2.16. The summed E-state index contributed by atoms with van der Waals surface area (Å²) in [5.41, 5.74) is 4.29. The summed E-state index contributed by atoms with van der Waals surface area (Å²) in [5, 5.41) is 5.77. The molecule has 26 heavy (non-hydrogen) atoms. The van der Waals surface area contributed by atoms with Gasteiger partial charge in [-0.05, 0) is 36.2 Å². The first-order chi connectivity index (χ1) is 12.4. The fraction of sp³-hybridized carbons (Fsp3) is 0.111. The highest BCUT2D eigenvalue weighted by molar-refractivity contribution is 7.21. The summed E-state index contributed by atoms with van der Waals surface area (Å²) < 4.78 is 6.01. The van der Waals surface area contributed by atoms with E-state index < -0.39 is 5.91 Å². The maximum atomic E-state index is 12.4. The quantitative estimate of drug-likeness (QED) is 0.413. The van der Waals surface area contributed by atoms with Gasteiger partial charge in [-0.3, -0.25) is 4.79 Å². The van der Waals surface area contributed by atoms with Crippen LogP contribution in [-0.2, 0) is 0 Å². The van der Waals surface area contributed by atoms with E-state index in [1.54, 1.807) is 19.2 Å². The molecule has 1 amide bonds. The Labute approximate surface area is 169 Å². The third kappa shape index (κ3) is 3.81. The van der Waals surface area contributed by atoms with Gasteiger partial charge in [0.25, 0.3) is 5.91 Å². The summed E-state index contributed by atoms with van der Waals surface area (Å²) in [4.78, 5) is 12.7. The van der Waals surface area contributed by atoms with Crippen LogP contribution in [-0.4, -0.2) is 19.2 Å². The summed E-state index contributed by atoms with van der Waals surface area (Å²) in [5.74, 6) is 0.332. The molecule has 3 aromatic rings. The van der Waals surface area contributed by atoms with Crippen LogP contribution in [0.5, 0.6) is 5.75 Å². The molecule has 3 rings (SSSR count). The number of benzene rings is 2. The number of fused-ring (bicyclic) bond motifs is 1. The molecule has 0 fully saturated rings. The highest BCUT2D eigenvalue weighted by atomic mass is 35.5. The number of hydrogen-bond donors (Lipinski definition) is 1. The highest BCUT2D eigenvalue weighted by Crippen LogP contribution is 2.41. The molecule has 8 heteroatoms. The molecule has 4 nitrogen and oxygen atoms in total. The van der Waals surface area contributed by atoms with Crippen molar-refractivity contribution in [2.24, 2.45) is 5.10 Å². The number of carbonyl (C=O) groups is 1. The van der Waals surface area contributed by atoms with Crippen LogP contribution in [0.25, 0.3) is 10.1 Å². The topological polar surface area (TPSA) is 50.7 Å². The van der Waals surface area contributed by atoms with Gasteiger partial charge in [-0.15, -0.1) is 11.3 Å². The van der Waals surface area contributed by atoms with Gasteiger partial charge >= 0.3 is 0 Å². The number of nitrogens with one attached hydrogen (secondary N) is 1. The van der Waals surface area contributed by atoms with Crippen molar-refractivity contribution in [1.82, 2.24) is 5.43 Å². The zero-order chi connectivity index (χ0) is 18.8. The molecular weight excluding hydrogens is 415 g/mol. The predicted molar refractivity (Wildman–Crippen MR) is 110 cm³/mol. The third-order valence-corrected chi connectivity index (χ3v) is 5.81. The predicted octanol–water partition coefficient (Wildman–Crippen LogP) is 5.94. The maximum absolute atomic E-state index is 12.4. The number of amides is 1. The van der Waals surface area contributed by atoms with Crippen molar-refractivity contribution >= 4 is 68.3 Å². The minimum atomic E-state index is -0.418. The minimum absolute atomic E-state index is 0.288. The fourth-order valence-electron chi connectivity index (χ4n) is 2.39. The first-order valence-corrected chi connectivity index (χ1v) is 9.41. The Bertz CT molecular complexity index is 1030. The second-order valence-corrected chi connectivity index (χ2v) is 7.71. The van der Waals surface area contributed by atoms with Gasteiger partial charge in [0, 0.05) is 15.1 Å². The molecule has 0 atom stereocenters. The lowest BCUT2D eigenvalue weighted by atomic mass is 10.1. The highest BCUT2D eigenvalue weighted by Gasteiger charge is 2.19.